The number of hydrogen-bond donors (Lipinski definition) is 1. The van der Waals surface area contributed by atoms with E-state index in [1.165, 1.54) is 36.8 Å². The fourth-order valence-electron chi connectivity index (χ4n) is 5.80. The number of anilines is 1. The van der Waals surface area contributed by atoms with Crippen LogP contribution < -0.4 is 10.2 Å². The molecule has 128 valence electrons. The molecular formula is C22H25N2O+. The third-order valence-corrected chi connectivity index (χ3v) is 6.85. The minimum Gasteiger partial charge on any atom is -0.340 e. The molecule has 1 saturated carbocycles. The first-order valence-electron chi connectivity index (χ1n) is 9.57. The molecule has 0 unspecified atom stereocenters. The zero-order valence-corrected chi connectivity index (χ0v) is 14.6. The van der Waals surface area contributed by atoms with Crippen LogP contribution in [0.5, 0.6) is 0 Å². The predicted octanol–water partition coefficient (Wildman–Crippen LogP) is 2.75. The average molecular weight is 333 g/mol. The number of para-hydroxylation sites is 1. The fourth-order valence-corrected chi connectivity index (χ4v) is 5.80. The number of nitrogens with two attached hydrogens (primary N) is 1. The summed E-state index contributed by atoms with van der Waals surface area (Å²) >= 11 is 0. The molecule has 1 atom stereocenters. The second-order valence-corrected chi connectivity index (χ2v) is 7.91. The molecule has 3 nitrogen and oxygen atoms in total. The SMILES string of the molecule is O=C1N(Cc2ccccc2)c2ccccc2[C@]12CC[NH2+]C21CCCC1. The van der Waals surface area contributed by atoms with Gasteiger partial charge in [0.1, 0.15) is 11.0 Å². The summed E-state index contributed by atoms with van der Waals surface area (Å²) in [6.45, 7) is 1.74. The van der Waals surface area contributed by atoms with E-state index in [-0.39, 0.29) is 11.0 Å². The topological polar surface area (TPSA) is 36.9 Å². The summed E-state index contributed by atoms with van der Waals surface area (Å²) in [5.74, 6) is 0.341. The Hall–Kier alpha value is -2.13. The molecule has 2 aromatic carbocycles. The standard InChI is InChI=1S/C22H24N2O/c25-20-22(14-15-23-21(22)12-6-7-13-21)18-10-4-5-11-19(18)24(20)16-17-8-2-1-3-9-17/h1-5,8-11,23H,6-7,12-16H2/p+1/t22-/m1/s1. The van der Waals surface area contributed by atoms with Crippen molar-refractivity contribution in [1.82, 2.24) is 0 Å². The minimum absolute atomic E-state index is 0.0889. The Kier molecular flexibility index (Phi) is 3.29. The van der Waals surface area contributed by atoms with Crippen LogP contribution in [-0.2, 0) is 16.8 Å². The van der Waals surface area contributed by atoms with Gasteiger partial charge < -0.3 is 10.2 Å². The van der Waals surface area contributed by atoms with Crippen molar-refractivity contribution in [1.29, 1.82) is 0 Å². The van der Waals surface area contributed by atoms with Crippen LogP contribution in [0.1, 0.15) is 43.2 Å². The molecule has 2 fully saturated rings. The lowest BCUT2D eigenvalue weighted by Gasteiger charge is -2.36. The molecule has 2 heterocycles. The van der Waals surface area contributed by atoms with Gasteiger partial charge >= 0.3 is 0 Å². The Morgan fingerprint density at radius 3 is 2.44 bits per heavy atom. The second-order valence-electron chi connectivity index (χ2n) is 7.91. The van der Waals surface area contributed by atoms with Crippen molar-refractivity contribution in [3.63, 3.8) is 0 Å². The van der Waals surface area contributed by atoms with Gasteiger partial charge in [0.15, 0.2) is 0 Å². The molecule has 1 amide bonds. The largest absolute Gasteiger partial charge is 0.340 e. The number of benzene rings is 2. The second kappa shape index (κ2) is 5.43. The zero-order chi connectivity index (χ0) is 16.9. The van der Waals surface area contributed by atoms with E-state index < -0.39 is 0 Å². The van der Waals surface area contributed by atoms with Crippen LogP contribution in [0.25, 0.3) is 0 Å². The number of rotatable bonds is 2. The van der Waals surface area contributed by atoms with Gasteiger partial charge in [0, 0.05) is 24.9 Å². The molecule has 2 aromatic rings. The summed E-state index contributed by atoms with van der Waals surface area (Å²) in [6, 6.07) is 18.9. The van der Waals surface area contributed by atoms with Crippen molar-refractivity contribution in [2.45, 2.75) is 49.6 Å². The molecule has 25 heavy (non-hydrogen) atoms. The highest BCUT2D eigenvalue weighted by Gasteiger charge is 2.68. The van der Waals surface area contributed by atoms with E-state index in [1.54, 1.807) is 0 Å². The third-order valence-electron chi connectivity index (χ3n) is 6.85. The van der Waals surface area contributed by atoms with Gasteiger partial charge in [0.25, 0.3) is 0 Å². The molecular weight excluding hydrogens is 308 g/mol. The number of amides is 1. The quantitative estimate of drug-likeness (QED) is 0.901. The van der Waals surface area contributed by atoms with E-state index in [0.29, 0.717) is 12.5 Å². The molecule has 2 spiro atoms. The molecule has 0 aromatic heterocycles. The van der Waals surface area contributed by atoms with Crippen molar-refractivity contribution >= 4 is 11.6 Å². The lowest BCUT2D eigenvalue weighted by Crippen LogP contribution is -2.96. The normalized spacial score (nSPS) is 26.7. The number of carbonyl (C=O) groups excluding carboxylic acids is 1. The first-order chi connectivity index (χ1) is 12.3. The van der Waals surface area contributed by atoms with E-state index in [1.807, 2.05) is 6.07 Å². The summed E-state index contributed by atoms with van der Waals surface area (Å²) in [5, 5.41) is 2.50. The van der Waals surface area contributed by atoms with Gasteiger partial charge in [-0.2, -0.15) is 0 Å². The summed E-state index contributed by atoms with van der Waals surface area (Å²) in [6.07, 6.45) is 5.84. The van der Waals surface area contributed by atoms with Crippen LogP contribution in [0.4, 0.5) is 5.69 Å². The molecule has 5 rings (SSSR count). The van der Waals surface area contributed by atoms with Gasteiger partial charge in [-0.05, 0) is 30.0 Å². The Bertz CT molecular complexity index is 804. The van der Waals surface area contributed by atoms with Crippen LogP contribution in [-0.4, -0.2) is 18.0 Å². The van der Waals surface area contributed by atoms with Crippen molar-refractivity contribution in [3.05, 3.63) is 65.7 Å². The van der Waals surface area contributed by atoms with Crippen LogP contribution in [0.15, 0.2) is 54.6 Å². The summed E-state index contributed by atoms with van der Waals surface area (Å²) in [4.78, 5) is 15.9. The Balaban J connectivity index is 1.64. The highest BCUT2D eigenvalue weighted by Crippen LogP contribution is 2.55. The number of quaternary nitrogens is 1. The van der Waals surface area contributed by atoms with Crippen LogP contribution >= 0.6 is 0 Å². The van der Waals surface area contributed by atoms with E-state index in [4.69, 9.17) is 0 Å². The van der Waals surface area contributed by atoms with Gasteiger partial charge in [-0.3, -0.25) is 4.79 Å². The molecule has 0 bridgehead atoms. The molecule has 0 radical (unpaired) electrons. The molecule has 2 aliphatic heterocycles. The van der Waals surface area contributed by atoms with Crippen molar-refractivity contribution in [2.24, 2.45) is 0 Å². The van der Waals surface area contributed by atoms with Gasteiger partial charge in [0.05, 0.1) is 13.1 Å². The van der Waals surface area contributed by atoms with Crippen LogP contribution in [0.2, 0.25) is 0 Å². The lowest BCUT2D eigenvalue weighted by molar-refractivity contribution is -0.710. The maximum Gasteiger partial charge on any atom is 0.244 e. The van der Waals surface area contributed by atoms with Crippen molar-refractivity contribution < 1.29 is 10.1 Å². The van der Waals surface area contributed by atoms with Gasteiger partial charge in [0.2, 0.25) is 5.91 Å². The van der Waals surface area contributed by atoms with E-state index in [9.17, 15) is 4.79 Å². The van der Waals surface area contributed by atoms with Gasteiger partial charge in [-0.1, -0.05) is 48.5 Å². The highest BCUT2D eigenvalue weighted by molar-refractivity contribution is 6.09. The zero-order valence-electron chi connectivity index (χ0n) is 14.6. The smallest absolute Gasteiger partial charge is 0.244 e. The summed E-state index contributed by atoms with van der Waals surface area (Å²) < 4.78 is 0. The predicted molar refractivity (Wildman–Crippen MR) is 98.4 cm³/mol. The molecule has 1 saturated heterocycles. The van der Waals surface area contributed by atoms with E-state index in [0.717, 1.165) is 18.7 Å². The Morgan fingerprint density at radius 1 is 0.920 bits per heavy atom. The van der Waals surface area contributed by atoms with Crippen LogP contribution in [0, 0.1) is 0 Å². The minimum atomic E-state index is -0.311. The fraction of sp³-hybridized carbons (Fsp3) is 0.409. The Morgan fingerprint density at radius 2 is 1.64 bits per heavy atom. The Labute approximate surface area is 149 Å². The molecule has 3 aliphatic rings. The molecule has 3 heteroatoms. The maximum absolute atomic E-state index is 13.9. The van der Waals surface area contributed by atoms with E-state index in [2.05, 4.69) is 58.7 Å². The first-order valence-corrected chi connectivity index (χ1v) is 9.57. The third kappa shape index (κ3) is 1.93. The maximum atomic E-state index is 13.9. The summed E-state index contributed by atoms with van der Waals surface area (Å²) in [7, 11) is 0. The number of nitrogens with zero attached hydrogens (tertiary/aromatic N) is 1. The highest BCUT2D eigenvalue weighted by atomic mass is 16.2. The van der Waals surface area contributed by atoms with Crippen molar-refractivity contribution in [3.8, 4) is 0 Å². The average Bonchev–Trinajstić information content (AvgIpc) is 3.34. The first kappa shape index (κ1) is 15.2. The van der Waals surface area contributed by atoms with Gasteiger partial charge in [-0.25, -0.2) is 0 Å². The lowest BCUT2D eigenvalue weighted by atomic mass is 9.65. The summed E-state index contributed by atoms with van der Waals surface area (Å²) in [5.41, 5.74) is 3.40. The monoisotopic (exact) mass is 333 g/mol. The number of fused-ring (bicyclic) bond motifs is 3. The van der Waals surface area contributed by atoms with Crippen molar-refractivity contribution in [2.75, 3.05) is 11.4 Å². The van der Waals surface area contributed by atoms with Gasteiger partial charge in [-0.15, -0.1) is 0 Å². The molecule has 1 aliphatic carbocycles. The van der Waals surface area contributed by atoms with Crippen LogP contribution in [0.3, 0.4) is 0 Å². The van der Waals surface area contributed by atoms with E-state index >= 15 is 0 Å². The molecule has 2 N–H and O–H groups in total. The number of carbonyl (C=O) groups is 1. The number of hydrogen-bond acceptors (Lipinski definition) is 1.